The van der Waals surface area contributed by atoms with Crippen molar-refractivity contribution in [2.75, 3.05) is 6.61 Å². The molecule has 2 aromatic rings. The van der Waals surface area contributed by atoms with E-state index in [1.165, 1.54) is 5.56 Å². The highest BCUT2D eigenvalue weighted by molar-refractivity contribution is 7.10. The highest BCUT2D eigenvalue weighted by Gasteiger charge is 2.09. The van der Waals surface area contributed by atoms with Crippen LogP contribution in [0.25, 0.3) is 0 Å². The average molecular weight is 319 g/mol. The fourth-order valence-electron chi connectivity index (χ4n) is 1.73. The predicted octanol–water partition coefficient (Wildman–Crippen LogP) is 0.882. The number of amidine groups is 1. The summed E-state index contributed by atoms with van der Waals surface area (Å²) in [6.45, 7) is 3.83. The van der Waals surface area contributed by atoms with E-state index in [1.807, 2.05) is 49.6 Å². The Morgan fingerprint density at radius 1 is 1.27 bits per heavy atom. The van der Waals surface area contributed by atoms with E-state index in [4.69, 9.17) is 15.3 Å². The number of rotatable bonds is 6. The smallest absolute Gasteiger partial charge is 0.394 e. The molecule has 0 unspecified atom stereocenters. The summed E-state index contributed by atoms with van der Waals surface area (Å²) in [5, 5.41) is 4.41. The van der Waals surface area contributed by atoms with Crippen molar-refractivity contribution < 1.29 is 19.5 Å². The zero-order valence-electron chi connectivity index (χ0n) is 12.6. The second-order valence-electron chi connectivity index (χ2n) is 4.89. The molecule has 0 atom stereocenters. The van der Waals surface area contributed by atoms with Gasteiger partial charge >= 0.3 is 5.97 Å². The summed E-state index contributed by atoms with van der Waals surface area (Å²) >= 11 is 1.59. The number of ether oxygens (including phenoxy) is 1. The van der Waals surface area contributed by atoms with E-state index < -0.39 is 5.97 Å². The maximum absolute atomic E-state index is 11.6. The van der Waals surface area contributed by atoms with E-state index in [2.05, 4.69) is 5.16 Å². The fraction of sp³-hybridized carbons (Fsp3) is 0.250. The molecule has 1 heterocycles. The first-order valence-corrected chi connectivity index (χ1v) is 7.72. The maximum atomic E-state index is 11.6. The molecule has 0 aliphatic carbocycles. The number of nitrogens with two attached hydrogens (primary N) is 1. The number of carbonyl (C=O) groups is 1. The number of benzene rings is 1. The molecule has 0 saturated carbocycles. The van der Waals surface area contributed by atoms with Gasteiger partial charge in [-0.1, -0.05) is 17.3 Å². The van der Waals surface area contributed by atoms with E-state index in [9.17, 15) is 4.79 Å². The summed E-state index contributed by atoms with van der Waals surface area (Å²) < 4.78 is 5.38. The summed E-state index contributed by atoms with van der Waals surface area (Å²) in [7, 11) is 0. The first-order valence-electron chi connectivity index (χ1n) is 6.84. The van der Waals surface area contributed by atoms with Crippen LogP contribution >= 0.6 is 11.3 Å². The maximum Gasteiger partial charge on any atom is 0.394 e. The van der Waals surface area contributed by atoms with Gasteiger partial charge in [-0.05, 0) is 48.6 Å². The molecular weight excluding hydrogens is 300 g/mol. The minimum atomic E-state index is -0.535. The molecule has 0 aliphatic rings. The predicted molar refractivity (Wildman–Crippen MR) is 85.7 cm³/mol. The molecule has 0 bridgehead atoms. The van der Waals surface area contributed by atoms with Gasteiger partial charge in [0, 0.05) is 4.88 Å². The van der Waals surface area contributed by atoms with Crippen LogP contribution in [-0.2, 0) is 16.1 Å². The standard InChI is InChI=1S/C16H18N2O3S/c1-11-5-6-13(8-12(11)2)20-10-16(19)21-18-15(17)9-14-4-3-7-22-14/h3-8H,9-10H2,1-2H3,(H2,17,18)/p+1. The number of hydrogen-bond donors (Lipinski definition) is 2. The molecule has 0 saturated heterocycles. The Labute approximate surface area is 133 Å². The number of thiophene rings is 1. The highest BCUT2D eigenvalue weighted by Crippen LogP contribution is 2.16. The van der Waals surface area contributed by atoms with Crippen LogP contribution in [0.15, 0.2) is 35.7 Å². The Bertz CT molecular complexity index is 666. The van der Waals surface area contributed by atoms with Crippen molar-refractivity contribution >= 4 is 23.1 Å². The van der Waals surface area contributed by atoms with Gasteiger partial charge < -0.3 is 4.74 Å². The number of hydrogen-bond acceptors (Lipinski definition) is 4. The van der Waals surface area contributed by atoms with Crippen LogP contribution in [0.1, 0.15) is 16.0 Å². The summed E-state index contributed by atoms with van der Waals surface area (Å²) in [5.74, 6) is 0.477. The van der Waals surface area contributed by atoms with Crippen molar-refractivity contribution in [1.29, 1.82) is 0 Å². The van der Waals surface area contributed by atoms with E-state index in [0.29, 0.717) is 18.0 Å². The second-order valence-corrected chi connectivity index (χ2v) is 5.92. The Kier molecular flexibility index (Phi) is 5.55. The van der Waals surface area contributed by atoms with Gasteiger partial charge in [0.25, 0.3) is 5.84 Å². The summed E-state index contributed by atoms with van der Waals surface area (Å²) in [6, 6.07) is 9.55. The summed E-state index contributed by atoms with van der Waals surface area (Å²) in [6.07, 6.45) is 0.517. The van der Waals surface area contributed by atoms with Gasteiger partial charge in [-0.2, -0.15) is 0 Å². The van der Waals surface area contributed by atoms with Gasteiger partial charge in [-0.15, -0.1) is 11.3 Å². The van der Waals surface area contributed by atoms with Crippen LogP contribution in [0.2, 0.25) is 0 Å². The van der Waals surface area contributed by atoms with E-state index in [-0.39, 0.29) is 6.61 Å². The molecule has 0 spiro atoms. The van der Waals surface area contributed by atoms with Gasteiger partial charge in [0.15, 0.2) is 6.61 Å². The monoisotopic (exact) mass is 319 g/mol. The lowest BCUT2D eigenvalue weighted by Gasteiger charge is -2.06. The highest BCUT2D eigenvalue weighted by atomic mass is 32.1. The molecule has 6 heteroatoms. The van der Waals surface area contributed by atoms with Crippen LogP contribution in [0, 0.1) is 13.8 Å². The van der Waals surface area contributed by atoms with Gasteiger partial charge in [-0.3, -0.25) is 10.6 Å². The van der Waals surface area contributed by atoms with Gasteiger partial charge in [0.05, 0.1) is 6.42 Å². The van der Waals surface area contributed by atoms with Gasteiger partial charge in [0.1, 0.15) is 5.75 Å². The normalized spacial score (nSPS) is 11.3. The molecule has 0 fully saturated rings. The molecule has 5 nitrogen and oxygen atoms in total. The van der Waals surface area contributed by atoms with Gasteiger partial charge in [0.2, 0.25) is 0 Å². The second kappa shape index (κ2) is 7.61. The van der Waals surface area contributed by atoms with Crippen molar-refractivity contribution in [3.8, 4) is 5.75 Å². The van der Waals surface area contributed by atoms with Crippen molar-refractivity contribution in [2.24, 2.45) is 5.73 Å². The fourth-order valence-corrected chi connectivity index (χ4v) is 2.46. The zero-order valence-corrected chi connectivity index (χ0v) is 13.4. The lowest BCUT2D eigenvalue weighted by Crippen LogP contribution is -2.76. The Balaban J connectivity index is 1.78. The molecule has 1 aromatic carbocycles. The molecule has 0 amide bonds. The van der Waals surface area contributed by atoms with Crippen molar-refractivity contribution in [1.82, 2.24) is 0 Å². The Morgan fingerprint density at radius 3 is 2.77 bits per heavy atom. The number of carbonyl (C=O) groups excluding carboxylic acids is 1. The van der Waals surface area contributed by atoms with E-state index in [1.54, 1.807) is 11.3 Å². The molecule has 0 aliphatic heterocycles. The van der Waals surface area contributed by atoms with Crippen molar-refractivity contribution in [3.63, 3.8) is 0 Å². The van der Waals surface area contributed by atoms with E-state index in [0.717, 1.165) is 10.4 Å². The van der Waals surface area contributed by atoms with Crippen LogP contribution in [-0.4, -0.2) is 18.4 Å². The first-order chi connectivity index (χ1) is 10.5. The van der Waals surface area contributed by atoms with Crippen molar-refractivity contribution in [2.45, 2.75) is 20.3 Å². The first kappa shape index (κ1) is 16.0. The molecule has 22 heavy (non-hydrogen) atoms. The summed E-state index contributed by atoms with van der Waals surface area (Å²) in [4.78, 5) is 17.5. The third kappa shape index (κ3) is 4.89. The molecular formula is C16H19N2O3S+. The van der Waals surface area contributed by atoms with Gasteiger partial charge in [-0.25, -0.2) is 4.79 Å². The zero-order chi connectivity index (χ0) is 15.9. The Hall–Kier alpha value is -2.34. The Morgan fingerprint density at radius 2 is 2.09 bits per heavy atom. The van der Waals surface area contributed by atoms with Crippen LogP contribution < -0.4 is 15.6 Å². The number of aryl methyl sites for hydroxylation is 2. The average Bonchev–Trinajstić information content (AvgIpc) is 2.99. The third-order valence-corrected chi connectivity index (χ3v) is 3.95. The molecule has 2 rings (SSSR count). The molecule has 0 radical (unpaired) electrons. The minimum absolute atomic E-state index is 0.179. The lowest BCUT2D eigenvalue weighted by atomic mass is 10.1. The third-order valence-electron chi connectivity index (χ3n) is 3.08. The number of nitrogens with one attached hydrogen (secondary N) is 1. The van der Waals surface area contributed by atoms with Crippen molar-refractivity contribution in [3.05, 3.63) is 51.7 Å². The minimum Gasteiger partial charge on any atom is -0.482 e. The van der Waals surface area contributed by atoms with Crippen LogP contribution in [0.3, 0.4) is 0 Å². The molecule has 116 valence electrons. The molecule has 3 N–H and O–H groups in total. The largest absolute Gasteiger partial charge is 0.482 e. The van der Waals surface area contributed by atoms with Crippen LogP contribution in [0.5, 0.6) is 5.75 Å². The van der Waals surface area contributed by atoms with Crippen LogP contribution in [0.4, 0.5) is 0 Å². The SMILES string of the molecule is Cc1ccc(OCC(=O)O[NH+]=C(N)Cc2cccs2)cc1C. The quantitative estimate of drug-likeness (QED) is 0.359. The summed E-state index contributed by atoms with van der Waals surface area (Å²) in [5.41, 5.74) is 8.03. The molecule has 1 aromatic heterocycles. The topological polar surface area (TPSA) is 75.5 Å². The lowest BCUT2D eigenvalue weighted by molar-refractivity contribution is -0.725. The van der Waals surface area contributed by atoms with E-state index >= 15 is 0 Å².